The van der Waals surface area contributed by atoms with Gasteiger partial charge in [0.2, 0.25) is 5.82 Å². The Labute approximate surface area is 115 Å². The molecule has 0 aliphatic rings. The van der Waals surface area contributed by atoms with E-state index in [2.05, 4.69) is 31.2 Å². The number of anilines is 1. The van der Waals surface area contributed by atoms with Gasteiger partial charge in [-0.3, -0.25) is 10.1 Å². The number of pyridine rings is 1. The van der Waals surface area contributed by atoms with Gasteiger partial charge in [-0.05, 0) is 22.9 Å². The maximum absolute atomic E-state index is 10.9. The molecule has 1 unspecified atom stereocenters. The first-order valence-electron chi connectivity index (χ1n) is 5.04. The van der Waals surface area contributed by atoms with Crippen molar-refractivity contribution in [3.8, 4) is 0 Å². The Kier molecular flexibility index (Phi) is 3.87. The Morgan fingerprint density at radius 2 is 2.33 bits per heavy atom. The number of nitrogens with zero attached hydrogens (tertiary/aromatic N) is 3. The summed E-state index contributed by atoms with van der Waals surface area (Å²) < 4.78 is 0.571. The van der Waals surface area contributed by atoms with Crippen molar-refractivity contribution in [1.29, 1.82) is 0 Å². The first-order chi connectivity index (χ1) is 8.58. The minimum Gasteiger partial charge on any atom is -0.355 e. The van der Waals surface area contributed by atoms with Gasteiger partial charge >= 0.3 is 5.69 Å². The quantitative estimate of drug-likeness (QED) is 0.687. The topological polar surface area (TPSA) is 81.0 Å². The number of aromatic nitrogens is 2. The summed E-state index contributed by atoms with van der Waals surface area (Å²) in [4.78, 5) is 18.7. The van der Waals surface area contributed by atoms with Crippen LogP contribution in [0.1, 0.15) is 18.0 Å². The SMILES string of the molecule is CC(Nc1ncc(Br)cc1[N+](=O)[O-])c1nccs1. The molecule has 2 aromatic heterocycles. The lowest BCUT2D eigenvalue weighted by atomic mass is 10.3. The highest BCUT2D eigenvalue weighted by Crippen LogP contribution is 2.28. The van der Waals surface area contributed by atoms with Crippen LogP contribution in [0.15, 0.2) is 28.3 Å². The first-order valence-corrected chi connectivity index (χ1v) is 6.71. The summed E-state index contributed by atoms with van der Waals surface area (Å²) in [7, 11) is 0. The minimum absolute atomic E-state index is 0.0622. The standard InChI is InChI=1S/C10H9BrN4O2S/c1-6(10-12-2-3-18-10)14-9-8(15(16)17)4-7(11)5-13-9/h2-6H,1H3,(H,13,14). The van der Waals surface area contributed by atoms with Gasteiger partial charge in [0.25, 0.3) is 0 Å². The van der Waals surface area contributed by atoms with E-state index in [1.807, 2.05) is 12.3 Å². The smallest absolute Gasteiger partial charge is 0.312 e. The van der Waals surface area contributed by atoms with Crippen molar-refractivity contribution in [2.24, 2.45) is 0 Å². The van der Waals surface area contributed by atoms with Gasteiger partial charge in [0.15, 0.2) is 0 Å². The maximum Gasteiger partial charge on any atom is 0.312 e. The Morgan fingerprint density at radius 3 is 2.94 bits per heavy atom. The van der Waals surface area contributed by atoms with E-state index in [-0.39, 0.29) is 17.5 Å². The molecule has 0 fully saturated rings. The van der Waals surface area contributed by atoms with Gasteiger partial charge in [-0.1, -0.05) is 0 Å². The van der Waals surface area contributed by atoms with E-state index in [4.69, 9.17) is 0 Å². The van der Waals surface area contributed by atoms with Crippen LogP contribution in [0.3, 0.4) is 0 Å². The van der Waals surface area contributed by atoms with Crippen LogP contribution in [-0.4, -0.2) is 14.9 Å². The van der Waals surface area contributed by atoms with E-state index in [9.17, 15) is 10.1 Å². The third-order valence-corrected chi connectivity index (χ3v) is 3.60. The molecule has 6 nitrogen and oxygen atoms in total. The Bertz CT molecular complexity index is 561. The van der Waals surface area contributed by atoms with Crippen LogP contribution in [0.5, 0.6) is 0 Å². The molecule has 0 bridgehead atoms. The van der Waals surface area contributed by atoms with Gasteiger partial charge in [0, 0.05) is 28.3 Å². The predicted octanol–water partition coefficient (Wildman–Crippen LogP) is 3.38. The summed E-state index contributed by atoms with van der Waals surface area (Å²) in [6, 6.07) is 1.29. The molecule has 0 spiro atoms. The molecule has 0 saturated heterocycles. The molecule has 94 valence electrons. The van der Waals surface area contributed by atoms with Crippen LogP contribution in [0.2, 0.25) is 0 Å². The third kappa shape index (κ3) is 2.82. The van der Waals surface area contributed by atoms with Gasteiger partial charge in [0.05, 0.1) is 11.0 Å². The summed E-state index contributed by atoms with van der Waals surface area (Å²) >= 11 is 4.65. The lowest BCUT2D eigenvalue weighted by Gasteiger charge is -2.11. The molecule has 0 amide bonds. The normalized spacial score (nSPS) is 12.1. The van der Waals surface area contributed by atoms with Crippen LogP contribution < -0.4 is 5.32 Å². The molecule has 1 atom stereocenters. The monoisotopic (exact) mass is 328 g/mol. The molecular formula is C10H9BrN4O2S. The lowest BCUT2D eigenvalue weighted by Crippen LogP contribution is -2.09. The first kappa shape index (κ1) is 12.9. The predicted molar refractivity (Wildman–Crippen MR) is 72.7 cm³/mol. The minimum atomic E-state index is -0.464. The number of halogens is 1. The second kappa shape index (κ2) is 5.40. The number of thiazole rings is 1. The van der Waals surface area contributed by atoms with Gasteiger partial charge in [-0.25, -0.2) is 9.97 Å². The number of rotatable bonds is 4. The van der Waals surface area contributed by atoms with Crippen LogP contribution in [0.25, 0.3) is 0 Å². The second-order valence-corrected chi connectivity index (χ2v) is 5.36. The Hall–Kier alpha value is -1.54. The molecule has 0 aliphatic carbocycles. The van der Waals surface area contributed by atoms with Crippen molar-refractivity contribution in [3.63, 3.8) is 0 Å². The number of hydrogen-bond donors (Lipinski definition) is 1. The molecule has 18 heavy (non-hydrogen) atoms. The average Bonchev–Trinajstić information content (AvgIpc) is 2.84. The molecule has 0 aromatic carbocycles. The van der Waals surface area contributed by atoms with Gasteiger partial charge in [-0.2, -0.15) is 0 Å². The van der Waals surface area contributed by atoms with Crippen molar-refractivity contribution in [2.75, 3.05) is 5.32 Å². The fourth-order valence-electron chi connectivity index (χ4n) is 1.39. The molecule has 0 aliphatic heterocycles. The average molecular weight is 329 g/mol. The van der Waals surface area contributed by atoms with E-state index in [1.165, 1.54) is 23.6 Å². The molecule has 1 N–H and O–H groups in total. The number of nitrogens with one attached hydrogen (secondary N) is 1. The third-order valence-electron chi connectivity index (χ3n) is 2.21. The largest absolute Gasteiger partial charge is 0.355 e. The molecule has 2 heterocycles. The summed E-state index contributed by atoms with van der Waals surface area (Å²) in [6.45, 7) is 1.88. The highest BCUT2D eigenvalue weighted by atomic mass is 79.9. The summed E-state index contributed by atoms with van der Waals surface area (Å²) in [5.41, 5.74) is -0.0622. The zero-order valence-electron chi connectivity index (χ0n) is 9.33. The zero-order chi connectivity index (χ0) is 13.1. The van der Waals surface area contributed by atoms with Crippen LogP contribution >= 0.6 is 27.3 Å². The summed E-state index contributed by atoms with van der Waals surface area (Å²) in [5.74, 6) is 0.242. The molecule has 2 rings (SSSR count). The molecule has 0 radical (unpaired) electrons. The van der Waals surface area contributed by atoms with E-state index in [0.29, 0.717) is 4.47 Å². The number of hydrogen-bond acceptors (Lipinski definition) is 6. The number of nitro groups is 1. The molecular weight excluding hydrogens is 320 g/mol. The van der Waals surface area contributed by atoms with Gasteiger partial charge in [-0.15, -0.1) is 11.3 Å². The fraction of sp³-hybridized carbons (Fsp3) is 0.200. The fourth-order valence-corrected chi connectivity index (χ4v) is 2.36. The molecule has 2 aromatic rings. The van der Waals surface area contributed by atoms with Gasteiger partial charge < -0.3 is 5.32 Å². The van der Waals surface area contributed by atoms with Crippen molar-refractivity contribution in [3.05, 3.63) is 43.4 Å². The lowest BCUT2D eigenvalue weighted by molar-refractivity contribution is -0.384. The van der Waals surface area contributed by atoms with Crippen molar-refractivity contribution >= 4 is 38.8 Å². The molecule has 0 saturated carbocycles. The van der Waals surface area contributed by atoms with Crippen molar-refractivity contribution in [2.45, 2.75) is 13.0 Å². The Morgan fingerprint density at radius 1 is 1.56 bits per heavy atom. The summed E-state index contributed by atoms with van der Waals surface area (Å²) in [6.07, 6.45) is 3.21. The van der Waals surface area contributed by atoms with E-state index in [0.717, 1.165) is 5.01 Å². The van der Waals surface area contributed by atoms with Crippen LogP contribution in [-0.2, 0) is 0 Å². The highest BCUT2D eigenvalue weighted by molar-refractivity contribution is 9.10. The summed E-state index contributed by atoms with van der Waals surface area (Å²) in [5, 5.41) is 16.6. The van der Waals surface area contributed by atoms with Crippen molar-refractivity contribution in [1.82, 2.24) is 9.97 Å². The van der Waals surface area contributed by atoms with E-state index >= 15 is 0 Å². The van der Waals surface area contributed by atoms with Crippen LogP contribution in [0.4, 0.5) is 11.5 Å². The maximum atomic E-state index is 10.9. The molecule has 8 heteroatoms. The Balaban J connectivity index is 2.26. The van der Waals surface area contributed by atoms with Gasteiger partial charge in [0.1, 0.15) is 5.01 Å². The second-order valence-electron chi connectivity index (χ2n) is 3.51. The van der Waals surface area contributed by atoms with E-state index in [1.54, 1.807) is 6.20 Å². The van der Waals surface area contributed by atoms with E-state index < -0.39 is 4.92 Å². The highest BCUT2D eigenvalue weighted by Gasteiger charge is 2.18. The zero-order valence-corrected chi connectivity index (χ0v) is 11.7. The van der Waals surface area contributed by atoms with Crippen molar-refractivity contribution < 1.29 is 4.92 Å². The van der Waals surface area contributed by atoms with Crippen LogP contribution in [0, 0.1) is 10.1 Å².